The first-order chi connectivity index (χ1) is 14.7. The van der Waals surface area contributed by atoms with E-state index in [4.69, 9.17) is 14.0 Å². The molecule has 1 aliphatic rings. The molecule has 0 unspecified atom stereocenters. The van der Waals surface area contributed by atoms with Gasteiger partial charge in [0.2, 0.25) is 11.7 Å². The first kappa shape index (κ1) is 18.5. The monoisotopic (exact) mass is 403 g/mol. The molecule has 0 saturated heterocycles. The summed E-state index contributed by atoms with van der Waals surface area (Å²) < 4.78 is 18.8. The van der Waals surface area contributed by atoms with E-state index in [0.717, 1.165) is 22.6 Å². The Bertz CT molecular complexity index is 1170. The van der Waals surface area contributed by atoms with Crippen LogP contribution in [0.5, 0.6) is 5.75 Å². The van der Waals surface area contributed by atoms with Gasteiger partial charge in [0.1, 0.15) is 11.9 Å². The molecule has 1 aliphatic heterocycles. The van der Waals surface area contributed by atoms with Crippen molar-refractivity contribution in [2.24, 2.45) is 0 Å². The van der Waals surface area contributed by atoms with Crippen molar-refractivity contribution < 1.29 is 14.0 Å². The number of para-hydroxylation sites is 1. The molecule has 2 aromatic carbocycles. The Hall–Kier alpha value is -3.52. The summed E-state index contributed by atoms with van der Waals surface area (Å²) in [7, 11) is 1.64. The molecule has 0 bridgehead atoms. The molecule has 0 fully saturated rings. The summed E-state index contributed by atoms with van der Waals surface area (Å²) in [6.07, 6.45) is 0.422. The van der Waals surface area contributed by atoms with Gasteiger partial charge in [0, 0.05) is 5.56 Å². The van der Waals surface area contributed by atoms with Gasteiger partial charge >= 0.3 is 0 Å². The van der Waals surface area contributed by atoms with Gasteiger partial charge in [0.25, 0.3) is 0 Å². The highest BCUT2D eigenvalue weighted by molar-refractivity contribution is 5.51. The maximum absolute atomic E-state index is 6.08. The Kier molecular flexibility index (Phi) is 4.76. The second-order valence-corrected chi connectivity index (χ2v) is 7.28. The van der Waals surface area contributed by atoms with E-state index < -0.39 is 0 Å². The first-order valence-electron chi connectivity index (χ1n) is 9.76. The minimum Gasteiger partial charge on any atom is -0.496 e. The molecule has 2 aromatic heterocycles. The number of hydrogen-bond acceptors (Lipinski definition) is 7. The number of aryl methyl sites for hydroxylation is 1. The molecule has 0 aliphatic carbocycles. The minimum atomic E-state index is -0.0565. The van der Waals surface area contributed by atoms with Gasteiger partial charge in [-0.05, 0) is 18.6 Å². The van der Waals surface area contributed by atoms with Crippen LogP contribution in [0.15, 0.2) is 53.1 Å². The van der Waals surface area contributed by atoms with Crippen molar-refractivity contribution in [2.75, 3.05) is 7.11 Å². The number of nitrogens with zero attached hydrogens (tertiary/aromatic N) is 5. The van der Waals surface area contributed by atoms with Crippen molar-refractivity contribution in [3.8, 4) is 17.3 Å². The minimum absolute atomic E-state index is 0.0565. The van der Waals surface area contributed by atoms with Crippen LogP contribution in [0.1, 0.15) is 34.4 Å². The van der Waals surface area contributed by atoms with Crippen LogP contribution in [-0.2, 0) is 24.3 Å². The lowest BCUT2D eigenvalue weighted by Gasteiger charge is -2.24. The third kappa shape index (κ3) is 3.46. The van der Waals surface area contributed by atoms with Crippen LogP contribution in [-0.4, -0.2) is 32.2 Å². The summed E-state index contributed by atoms with van der Waals surface area (Å²) in [6, 6.07) is 16.1. The van der Waals surface area contributed by atoms with Gasteiger partial charge in [0.15, 0.2) is 5.69 Å². The van der Waals surface area contributed by atoms with Gasteiger partial charge in [-0.2, -0.15) is 4.98 Å². The van der Waals surface area contributed by atoms with Crippen LogP contribution in [0.3, 0.4) is 0 Å². The van der Waals surface area contributed by atoms with Crippen molar-refractivity contribution in [1.82, 2.24) is 25.1 Å². The summed E-state index contributed by atoms with van der Waals surface area (Å²) >= 11 is 0. The molecule has 5 rings (SSSR count). The third-order valence-electron chi connectivity index (χ3n) is 5.26. The highest BCUT2D eigenvalue weighted by Crippen LogP contribution is 2.30. The van der Waals surface area contributed by atoms with Crippen LogP contribution in [0, 0.1) is 6.92 Å². The number of aromatic nitrogens is 5. The summed E-state index contributed by atoms with van der Waals surface area (Å²) in [5.41, 5.74) is 4.76. The largest absolute Gasteiger partial charge is 0.496 e. The van der Waals surface area contributed by atoms with Crippen molar-refractivity contribution in [2.45, 2.75) is 32.6 Å². The fraction of sp³-hybridized carbons (Fsp3) is 0.273. The fourth-order valence-electron chi connectivity index (χ4n) is 3.60. The van der Waals surface area contributed by atoms with E-state index in [2.05, 4.69) is 51.6 Å². The maximum atomic E-state index is 6.08. The van der Waals surface area contributed by atoms with Crippen molar-refractivity contribution in [3.63, 3.8) is 0 Å². The highest BCUT2D eigenvalue weighted by atomic mass is 16.5. The second-order valence-electron chi connectivity index (χ2n) is 7.28. The van der Waals surface area contributed by atoms with E-state index in [1.54, 1.807) is 7.11 Å². The Morgan fingerprint density at radius 1 is 1.13 bits per heavy atom. The predicted octanol–water partition coefficient (Wildman–Crippen LogP) is 3.51. The van der Waals surface area contributed by atoms with Gasteiger partial charge in [-0.1, -0.05) is 58.4 Å². The van der Waals surface area contributed by atoms with Gasteiger partial charge in [0.05, 0.1) is 32.4 Å². The normalized spacial score (nSPS) is 15.7. The smallest absolute Gasteiger partial charge is 0.231 e. The van der Waals surface area contributed by atoms with Crippen LogP contribution in [0.25, 0.3) is 11.5 Å². The number of hydrogen-bond donors (Lipinski definition) is 0. The zero-order valence-corrected chi connectivity index (χ0v) is 16.8. The lowest BCUT2D eigenvalue weighted by molar-refractivity contribution is -0.00112. The molecule has 30 heavy (non-hydrogen) atoms. The molecule has 152 valence electrons. The van der Waals surface area contributed by atoms with E-state index in [-0.39, 0.29) is 6.10 Å². The van der Waals surface area contributed by atoms with Crippen LogP contribution < -0.4 is 4.74 Å². The van der Waals surface area contributed by atoms with E-state index in [1.165, 1.54) is 5.56 Å². The lowest BCUT2D eigenvalue weighted by Crippen LogP contribution is -2.22. The SMILES string of the molecule is COc1ccccc1Cc1nc(-c2nnn3c2CO[C@H](c2ccc(C)cc2)C3)no1. The molecule has 0 N–H and O–H groups in total. The Morgan fingerprint density at radius 2 is 1.97 bits per heavy atom. The second kappa shape index (κ2) is 7.72. The Labute approximate surface area is 173 Å². The van der Waals surface area contributed by atoms with Gasteiger partial charge < -0.3 is 14.0 Å². The molecule has 0 spiro atoms. The van der Waals surface area contributed by atoms with Crippen LogP contribution >= 0.6 is 0 Å². The third-order valence-corrected chi connectivity index (χ3v) is 5.26. The molecule has 0 amide bonds. The standard InChI is InChI=1S/C22H21N5O3/c1-14-7-9-15(10-8-14)19-12-27-17(13-29-19)21(24-26-27)22-23-20(30-25-22)11-16-5-3-4-6-18(16)28-2/h3-10,19H,11-13H2,1-2H3/t19-/m0/s1. The number of rotatable bonds is 5. The molecule has 1 atom stereocenters. The fourth-order valence-corrected chi connectivity index (χ4v) is 3.60. The van der Waals surface area contributed by atoms with Gasteiger partial charge in [-0.15, -0.1) is 5.10 Å². The topological polar surface area (TPSA) is 88.1 Å². The number of fused-ring (bicyclic) bond motifs is 1. The van der Waals surface area contributed by atoms with E-state index in [1.807, 2.05) is 28.9 Å². The summed E-state index contributed by atoms with van der Waals surface area (Å²) in [6.45, 7) is 3.05. The average molecular weight is 403 g/mol. The molecule has 8 nitrogen and oxygen atoms in total. The Balaban J connectivity index is 1.36. The van der Waals surface area contributed by atoms with Crippen LogP contribution in [0.4, 0.5) is 0 Å². The van der Waals surface area contributed by atoms with E-state index in [0.29, 0.717) is 37.0 Å². The first-order valence-corrected chi connectivity index (χ1v) is 9.76. The van der Waals surface area contributed by atoms with E-state index in [9.17, 15) is 0 Å². The predicted molar refractivity (Wildman–Crippen MR) is 108 cm³/mol. The lowest BCUT2D eigenvalue weighted by atomic mass is 10.1. The Morgan fingerprint density at radius 3 is 2.80 bits per heavy atom. The van der Waals surface area contributed by atoms with Crippen molar-refractivity contribution >= 4 is 0 Å². The van der Waals surface area contributed by atoms with Gasteiger partial charge in [-0.25, -0.2) is 4.68 Å². The van der Waals surface area contributed by atoms with Crippen LogP contribution in [0.2, 0.25) is 0 Å². The maximum Gasteiger partial charge on any atom is 0.231 e. The molecule has 0 radical (unpaired) electrons. The van der Waals surface area contributed by atoms with E-state index >= 15 is 0 Å². The summed E-state index contributed by atoms with van der Waals surface area (Å²) in [4.78, 5) is 4.51. The quantitative estimate of drug-likeness (QED) is 0.504. The zero-order chi connectivity index (χ0) is 20.5. The number of ether oxygens (including phenoxy) is 2. The average Bonchev–Trinajstić information content (AvgIpc) is 3.41. The number of methoxy groups -OCH3 is 1. The molecule has 8 heteroatoms. The molecule has 3 heterocycles. The summed E-state index contributed by atoms with van der Waals surface area (Å²) in [5, 5.41) is 12.7. The summed E-state index contributed by atoms with van der Waals surface area (Å²) in [5.74, 6) is 1.69. The molecular formula is C22H21N5O3. The molecular weight excluding hydrogens is 382 g/mol. The van der Waals surface area contributed by atoms with Gasteiger partial charge in [-0.3, -0.25) is 0 Å². The highest BCUT2D eigenvalue weighted by Gasteiger charge is 2.27. The van der Waals surface area contributed by atoms with Crippen molar-refractivity contribution in [3.05, 3.63) is 76.8 Å². The molecule has 0 saturated carbocycles. The molecule has 4 aromatic rings. The number of benzene rings is 2. The van der Waals surface area contributed by atoms with Crippen molar-refractivity contribution in [1.29, 1.82) is 0 Å². The zero-order valence-electron chi connectivity index (χ0n) is 16.8.